The molecule has 1 aliphatic rings. The van der Waals surface area contributed by atoms with E-state index in [1.165, 1.54) is 4.31 Å². The molecule has 4 rings (SSSR count). The molecule has 0 unspecified atom stereocenters. The predicted molar refractivity (Wildman–Crippen MR) is 128 cm³/mol. The second kappa shape index (κ2) is 9.99. The second-order valence-electron chi connectivity index (χ2n) is 8.68. The number of carbonyl (C=O) groups is 1. The van der Waals surface area contributed by atoms with Crippen molar-refractivity contribution in [2.45, 2.75) is 38.1 Å². The van der Waals surface area contributed by atoms with E-state index in [0.29, 0.717) is 37.4 Å². The smallest absolute Gasteiger partial charge is 0.248 e. The van der Waals surface area contributed by atoms with Gasteiger partial charge >= 0.3 is 0 Å². The third-order valence-electron chi connectivity index (χ3n) is 6.02. The van der Waals surface area contributed by atoms with Crippen molar-refractivity contribution in [2.24, 2.45) is 5.92 Å². The van der Waals surface area contributed by atoms with Crippen molar-refractivity contribution in [3.63, 3.8) is 0 Å². The molecule has 9 heteroatoms. The molecule has 1 atom stereocenters. The highest BCUT2D eigenvalue weighted by Gasteiger charge is 2.37. The Morgan fingerprint density at radius 2 is 1.97 bits per heavy atom. The summed E-state index contributed by atoms with van der Waals surface area (Å²) in [5, 5.41) is 3.91. The lowest BCUT2D eigenvalue weighted by atomic mass is 9.98. The summed E-state index contributed by atoms with van der Waals surface area (Å²) in [5.74, 6) is 0.343. The fourth-order valence-corrected chi connectivity index (χ4v) is 5.94. The van der Waals surface area contributed by atoms with Gasteiger partial charge in [-0.15, -0.1) is 0 Å². The van der Waals surface area contributed by atoms with E-state index < -0.39 is 15.9 Å². The number of hydrogen-bond donors (Lipinski definition) is 0. The summed E-state index contributed by atoms with van der Waals surface area (Å²) in [5.41, 5.74) is 2.36. The molecule has 3 aromatic rings. The maximum Gasteiger partial charge on any atom is 0.248 e. The van der Waals surface area contributed by atoms with E-state index >= 15 is 0 Å². The maximum atomic E-state index is 13.6. The van der Waals surface area contributed by atoms with Crippen LogP contribution in [0, 0.1) is 19.8 Å². The standard InChI is InChI=1S/C25H29N3O5S/c1-18-8-10-20(11-9-18)12-13-23-24(19(2)26-33-23)34(30,31)28-14-4-6-21(16-28)25(29)27(3)17-22-7-5-15-32-22/h5,7-13,15,21H,4,6,14,16-17H2,1-3H3/b13-12+/t21-/m0/s1. The zero-order valence-corrected chi connectivity index (χ0v) is 20.4. The molecule has 1 amide bonds. The highest BCUT2D eigenvalue weighted by atomic mass is 32.2. The summed E-state index contributed by atoms with van der Waals surface area (Å²) in [6, 6.07) is 11.4. The lowest BCUT2D eigenvalue weighted by Gasteiger charge is -2.33. The highest BCUT2D eigenvalue weighted by molar-refractivity contribution is 7.89. The number of hydrogen-bond acceptors (Lipinski definition) is 6. The monoisotopic (exact) mass is 483 g/mol. The van der Waals surface area contributed by atoms with Gasteiger partial charge in [0, 0.05) is 20.1 Å². The van der Waals surface area contributed by atoms with Gasteiger partial charge in [0.15, 0.2) is 10.7 Å². The van der Waals surface area contributed by atoms with Crippen molar-refractivity contribution < 1.29 is 22.2 Å². The minimum Gasteiger partial charge on any atom is -0.467 e. The quantitative estimate of drug-likeness (QED) is 0.502. The third-order valence-corrected chi connectivity index (χ3v) is 8.04. The van der Waals surface area contributed by atoms with Gasteiger partial charge in [0.25, 0.3) is 0 Å². The Morgan fingerprint density at radius 3 is 2.68 bits per heavy atom. The minimum atomic E-state index is -3.90. The molecule has 34 heavy (non-hydrogen) atoms. The van der Waals surface area contributed by atoms with Crippen LogP contribution in [0.2, 0.25) is 0 Å². The van der Waals surface area contributed by atoms with Gasteiger partial charge in [-0.2, -0.15) is 4.31 Å². The third kappa shape index (κ3) is 5.15. The van der Waals surface area contributed by atoms with Gasteiger partial charge in [0.05, 0.1) is 18.7 Å². The number of carbonyl (C=O) groups excluding carboxylic acids is 1. The van der Waals surface area contributed by atoms with Crippen LogP contribution < -0.4 is 0 Å². The number of aryl methyl sites for hydroxylation is 2. The molecule has 0 aliphatic carbocycles. The van der Waals surface area contributed by atoms with Gasteiger partial charge in [0.2, 0.25) is 15.9 Å². The largest absolute Gasteiger partial charge is 0.467 e. The van der Waals surface area contributed by atoms with E-state index in [2.05, 4.69) is 5.16 Å². The van der Waals surface area contributed by atoms with E-state index in [1.54, 1.807) is 43.4 Å². The number of rotatable bonds is 7. The van der Waals surface area contributed by atoms with E-state index in [9.17, 15) is 13.2 Å². The fourth-order valence-electron chi connectivity index (χ4n) is 4.17. The van der Waals surface area contributed by atoms with Crippen LogP contribution in [-0.4, -0.2) is 48.8 Å². The molecule has 0 saturated carbocycles. The zero-order chi connectivity index (χ0) is 24.3. The Bertz CT molecular complexity index is 1260. The number of sulfonamides is 1. The fraction of sp³-hybridized carbons (Fsp3) is 0.360. The summed E-state index contributed by atoms with van der Waals surface area (Å²) >= 11 is 0. The van der Waals surface area contributed by atoms with E-state index in [1.807, 2.05) is 37.3 Å². The van der Waals surface area contributed by atoms with Gasteiger partial charge in [-0.3, -0.25) is 4.79 Å². The lowest BCUT2D eigenvalue weighted by Crippen LogP contribution is -2.45. The van der Waals surface area contributed by atoms with Crippen LogP contribution in [0.4, 0.5) is 0 Å². The SMILES string of the molecule is Cc1ccc(/C=C/c2onc(C)c2S(=O)(=O)N2CCC[C@H](C(=O)N(C)Cc3ccco3)C2)cc1. The first-order valence-electron chi connectivity index (χ1n) is 11.2. The number of nitrogens with zero attached hydrogens (tertiary/aromatic N) is 3. The molecule has 0 bridgehead atoms. The van der Waals surface area contributed by atoms with Gasteiger partial charge in [-0.05, 0) is 50.5 Å². The molecule has 0 radical (unpaired) electrons. The molecule has 180 valence electrons. The van der Waals surface area contributed by atoms with Crippen molar-refractivity contribution in [3.8, 4) is 0 Å². The Balaban J connectivity index is 1.52. The first kappa shape index (κ1) is 24.0. The predicted octanol–water partition coefficient (Wildman–Crippen LogP) is 4.11. The molecular formula is C25H29N3O5S. The first-order valence-corrected chi connectivity index (χ1v) is 12.7. The van der Waals surface area contributed by atoms with Crippen molar-refractivity contribution in [3.05, 3.63) is 71.0 Å². The summed E-state index contributed by atoms with van der Waals surface area (Å²) in [7, 11) is -2.19. The van der Waals surface area contributed by atoms with Crippen molar-refractivity contribution in [1.82, 2.24) is 14.4 Å². The molecular weight excluding hydrogens is 454 g/mol. The average molecular weight is 484 g/mol. The van der Waals surface area contributed by atoms with Gasteiger partial charge in [0.1, 0.15) is 11.5 Å². The number of amides is 1. The summed E-state index contributed by atoms with van der Waals surface area (Å²) in [6.07, 6.45) is 6.22. The highest BCUT2D eigenvalue weighted by Crippen LogP contribution is 2.30. The lowest BCUT2D eigenvalue weighted by molar-refractivity contribution is -0.136. The second-order valence-corrected chi connectivity index (χ2v) is 10.6. The van der Waals surface area contributed by atoms with Crippen LogP contribution >= 0.6 is 0 Å². The number of benzene rings is 1. The summed E-state index contributed by atoms with van der Waals surface area (Å²) in [4.78, 5) is 14.7. The van der Waals surface area contributed by atoms with Crippen LogP contribution in [0.25, 0.3) is 12.2 Å². The van der Waals surface area contributed by atoms with E-state index in [-0.39, 0.29) is 23.1 Å². The van der Waals surface area contributed by atoms with Crippen molar-refractivity contribution >= 4 is 28.1 Å². The Labute approximate surface area is 199 Å². The average Bonchev–Trinajstić information content (AvgIpc) is 3.48. The molecule has 1 fully saturated rings. The molecule has 8 nitrogen and oxygen atoms in total. The molecule has 0 spiro atoms. The van der Waals surface area contributed by atoms with Crippen LogP contribution in [-0.2, 0) is 21.4 Å². The summed E-state index contributed by atoms with van der Waals surface area (Å²) in [6.45, 7) is 4.43. The first-order chi connectivity index (χ1) is 16.3. The molecule has 1 aromatic carbocycles. The number of furan rings is 1. The number of piperidine rings is 1. The minimum absolute atomic E-state index is 0.0490. The molecule has 3 heterocycles. The molecule has 1 aliphatic heterocycles. The molecule has 1 saturated heterocycles. The normalized spacial score (nSPS) is 17.3. The summed E-state index contributed by atoms with van der Waals surface area (Å²) < 4.78 is 39.3. The van der Waals surface area contributed by atoms with Crippen molar-refractivity contribution in [1.29, 1.82) is 0 Å². The van der Waals surface area contributed by atoms with Crippen LogP contribution in [0.5, 0.6) is 0 Å². The maximum absolute atomic E-state index is 13.6. The molecule has 2 aromatic heterocycles. The van der Waals surface area contributed by atoms with E-state index in [0.717, 1.165) is 11.1 Å². The van der Waals surface area contributed by atoms with Crippen LogP contribution in [0.3, 0.4) is 0 Å². The zero-order valence-electron chi connectivity index (χ0n) is 19.6. The van der Waals surface area contributed by atoms with Crippen molar-refractivity contribution in [2.75, 3.05) is 20.1 Å². The Kier molecular flexibility index (Phi) is 7.04. The molecule has 0 N–H and O–H groups in total. The number of aromatic nitrogens is 1. The van der Waals surface area contributed by atoms with Gasteiger partial charge in [-0.25, -0.2) is 8.42 Å². The van der Waals surface area contributed by atoms with Crippen LogP contribution in [0.15, 0.2) is 56.5 Å². The Morgan fingerprint density at radius 1 is 1.21 bits per heavy atom. The van der Waals surface area contributed by atoms with Gasteiger partial charge in [-0.1, -0.05) is 41.1 Å². The van der Waals surface area contributed by atoms with Crippen LogP contribution in [0.1, 0.15) is 41.2 Å². The van der Waals surface area contributed by atoms with E-state index in [4.69, 9.17) is 8.94 Å². The van der Waals surface area contributed by atoms with Gasteiger partial charge < -0.3 is 13.8 Å². The topological polar surface area (TPSA) is 96.9 Å². The Hall–Kier alpha value is -3.17.